The summed E-state index contributed by atoms with van der Waals surface area (Å²) in [6.45, 7) is 4.71. The lowest BCUT2D eigenvalue weighted by molar-refractivity contribution is -0.126. The molecule has 2 aromatic rings. The molecule has 1 unspecified atom stereocenters. The van der Waals surface area contributed by atoms with Crippen LogP contribution in [0.2, 0.25) is 0 Å². The summed E-state index contributed by atoms with van der Waals surface area (Å²) in [4.78, 5) is 14.6. The molecule has 1 aliphatic rings. The van der Waals surface area contributed by atoms with Crippen molar-refractivity contribution in [1.29, 1.82) is 0 Å². The number of fused-ring (bicyclic) bond motifs is 1. The third-order valence-electron chi connectivity index (χ3n) is 4.31. The highest BCUT2D eigenvalue weighted by Gasteiger charge is 2.33. The van der Waals surface area contributed by atoms with E-state index in [9.17, 15) is 4.79 Å². The lowest BCUT2D eigenvalue weighted by Crippen LogP contribution is -2.47. The second kappa shape index (κ2) is 6.32. The first-order valence-corrected chi connectivity index (χ1v) is 8.08. The molecule has 0 radical (unpaired) electrons. The molecule has 0 saturated carbocycles. The molecule has 1 atom stereocenters. The molecule has 0 bridgehead atoms. The average molecular weight is 310 g/mol. The topological polar surface area (TPSA) is 55.6 Å². The molecule has 0 aromatic heterocycles. The minimum Gasteiger partial charge on any atom is -0.478 e. The number of amides is 1. The summed E-state index contributed by atoms with van der Waals surface area (Å²) in [6, 6.07) is 13.6. The van der Waals surface area contributed by atoms with E-state index in [0.717, 1.165) is 17.7 Å². The van der Waals surface area contributed by atoms with E-state index in [4.69, 9.17) is 10.5 Å². The molecule has 4 nitrogen and oxygen atoms in total. The van der Waals surface area contributed by atoms with Gasteiger partial charge >= 0.3 is 0 Å². The Morgan fingerprint density at radius 2 is 1.87 bits per heavy atom. The first-order valence-electron chi connectivity index (χ1n) is 8.08. The van der Waals surface area contributed by atoms with Crippen LogP contribution >= 0.6 is 0 Å². The van der Waals surface area contributed by atoms with Gasteiger partial charge in [-0.15, -0.1) is 0 Å². The van der Waals surface area contributed by atoms with Crippen LogP contribution in [0, 0.1) is 0 Å². The van der Waals surface area contributed by atoms with E-state index < -0.39 is 6.10 Å². The Balaban J connectivity index is 1.93. The van der Waals surface area contributed by atoms with Crippen molar-refractivity contribution in [1.82, 2.24) is 0 Å². The highest BCUT2D eigenvalue weighted by molar-refractivity contribution is 6.00. The number of aryl methyl sites for hydroxylation is 1. The van der Waals surface area contributed by atoms with Gasteiger partial charge in [0.15, 0.2) is 6.10 Å². The number of hydrogen-bond acceptors (Lipinski definition) is 3. The smallest absolute Gasteiger partial charge is 0.268 e. The van der Waals surface area contributed by atoms with Crippen molar-refractivity contribution in [3.8, 4) is 5.75 Å². The molecule has 0 saturated heterocycles. The van der Waals surface area contributed by atoms with E-state index >= 15 is 0 Å². The Labute approximate surface area is 136 Å². The fourth-order valence-corrected chi connectivity index (χ4v) is 3.10. The number of ether oxygens (including phenoxy) is 1. The maximum absolute atomic E-state index is 12.8. The summed E-state index contributed by atoms with van der Waals surface area (Å²) < 4.78 is 5.99. The number of hydrogen-bond donors (Lipinski definition) is 1. The van der Waals surface area contributed by atoms with Crippen molar-refractivity contribution in [3.05, 3.63) is 53.6 Å². The van der Waals surface area contributed by atoms with E-state index in [0.29, 0.717) is 24.4 Å². The molecule has 1 amide bonds. The van der Waals surface area contributed by atoms with Gasteiger partial charge in [0.25, 0.3) is 5.91 Å². The monoisotopic (exact) mass is 310 g/mol. The van der Waals surface area contributed by atoms with Crippen LogP contribution in [0.5, 0.6) is 5.75 Å². The molecule has 23 heavy (non-hydrogen) atoms. The van der Waals surface area contributed by atoms with E-state index in [1.54, 1.807) is 17.0 Å². The normalized spacial score (nSPS) is 16.9. The average Bonchev–Trinajstić information content (AvgIpc) is 2.56. The fraction of sp³-hybridized carbons (Fsp3) is 0.316. The van der Waals surface area contributed by atoms with Crippen molar-refractivity contribution in [3.63, 3.8) is 0 Å². The zero-order valence-electron chi connectivity index (χ0n) is 13.6. The van der Waals surface area contributed by atoms with Crippen LogP contribution in [-0.2, 0) is 17.6 Å². The highest BCUT2D eigenvalue weighted by atomic mass is 16.5. The van der Waals surface area contributed by atoms with Gasteiger partial charge in [-0.25, -0.2) is 0 Å². The third kappa shape index (κ3) is 2.89. The molecule has 3 rings (SSSR count). The van der Waals surface area contributed by atoms with Crippen molar-refractivity contribution in [2.75, 3.05) is 17.2 Å². The van der Waals surface area contributed by atoms with Gasteiger partial charge in [0.1, 0.15) is 5.75 Å². The van der Waals surface area contributed by atoms with Gasteiger partial charge in [0.05, 0.1) is 5.69 Å². The summed E-state index contributed by atoms with van der Waals surface area (Å²) >= 11 is 0. The molecule has 2 N–H and O–H groups in total. The van der Waals surface area contributed by atoms with E-state index in [1.165, 1.54) is 5.56 Å². The van der Waals surface area contributed by atoms with Gasteiger partial charge in [-0.05, 0) is 36.6 Å². The predicted molar refractivity (Wildman–Crippen MR) is 92.8 cm³/mol. The molecule has 1 heterocycles. The second-order valence-corrected chi connectivity index (χ2v) is 5.74. The zero-order chi connectivity index (χ0) is 16.4. The van der Waals surface area contributed by atoms with Crippen LogP contribution < -0.4 is 15.4 Å². The lowest BCUT2D eigenvalue weighted by Gasteiger charge is -2.34. The number of nitrogens with zero attached hydrogens (tertiary/aromatic N) is 1. The van der Waals surface area contributed by atoms with Gasteiger partial charge in [0.2, 0.25) is 0 Å². The Morgan fingerprint density at radius 3 is 2.57 bits per heavy atom. The lowest BCUT2D eigenvalue weighted by atomic mass is 9.98. The molecular formula is C19H22N2O2. The van der Waals surface area contributed by atoms with Crippen LogP contribution in [0.15, 0.2) is 42.5 Å². The number of carbonyl (C=O) groups is 1. The zero-order valence-corrected chi connectivity index (χ0v) is 13.6. The molecule has 0 fully saturated rings. The third-order valence-corrected chi connectivity index (χ3v) is 4.31. The van der Waals surface area contributed by atoms with Gasteiger partial charge in [-0.1, -0.05) is 31.2 Å². The molecule has 1 aliphatic heterocycles. The maximum atomic E-state index is 12.8. The Bertz CT molecular complexity index is 727. The van der Waals surface area contributed by atoms with Crippen LogP contribution in [0.4, 0.5) is 11.4 Å². The summed E-state index contributed by atoms with van der Waals surface area (Å²) in [7, 11) is 0. The maximum Gasteiger partial charge on any atom is 0.268 e. The van der Waals surface area contributed by atoms with Crippen LogP contribution in [0.25, 0.3) is 0 Å². The van der Waals surface area contributed by atoms with Crippen LogP contribution in [0.3, 0.4) is 0 Å². The number of likely N-dealkylation sites (N-methyl/N-ethyl adjacent to an activating group) is 1. The largest absolute Gasteiger partial charge is 0.478 e. The molecule has 4 heteroatoms. The number of nitrogens with two attached hydrogens (primary N) is 1. The van der Waals surface area contributed by atoms with Gasteiger partial charge in [-0.3, -0.25) is 4.79 Å². The quantitative estimate of drug-likeness (QED) is 0.882. The predicted octanol–water partition coefficient (Wildman–Crippen LogP) is 3.19. The number of rotatable bonds is 4. The number of benzene rings is 2. The van der Waals surface area contributed by atoms with E-state index in [1.807, 2.05) is 25.1 Å². The van der Waals surface area contributed by atoms with Crippen molar-refractivity contribution in [2.45, 2.75) is 32.8 Å². The Hall–Kier alpha value is -2.49. The summed E-state index contributed by atoms with van der Waals surface area (Å²) in [6.07, 6.45) is 1.02. The summed E-state index contributed by atoms with van der Waals surface area (Å²) in [5.74, 6) is 0.695. The number of carbonyl (C=O) groups excluding carboxylic acids is 1. The van der Waals surface area contributed by atoms with Crippen LogP contribution in [0.1, 0.15) is 25.0 Å². The highest BCUT2D eigenvalue weighted by Crippen LogP contribution is 2.36. The molecule has 120 valence electrons. The molecule has 0 spiro atoms. The van der Waals surface area contributed by atoms with Gasteiger partial charge in [-0.2, -0.15) is 0 Å². The standard InChI is InChI=1S/C19H22N2O2/c1-3-13-7-5-6-8-14(13)11-18-19(22)21(4-2)16-10-9-15(20)12-17(16)23-18/h5-10,12,18H,3-4,11,20H2,1-2H3. The van der Waals surface area contributed by atoms with Crippen LogP contribution in [-0.4, -0.2) is 18.6 Å². The SMILES string of the molecule is CCc1ccccc1CC1Oc2cc(N)ccc2N(CC)C1=O. The first-order chi connectivity index (χ1) is 11.1. The number of nitrogen functional groups attached to an aromatic ring is 1. The van der Waals surface area contributed by atoms with E-state index in [-0.39, 0.29) is 5.91 Å². The van der Waals surface area contributed by atoms with Crippen molar-refractivity contribution in [2.24, 2.45) is 0 Å². The van der Waals surface area contributed by atoms with E-state index in [2.05, 4.69) is 19.1 Å². The minimum absolute atomic E-state index is 0.00989. The molecule has 2 aromatic carbocycles. The summed E-state index contributed by atoms with van der Waals surface area (Å²) in [5, 5.41) is 0. The fourth-order valence-electron chi connectivity index (χ4n) is 3.10. The minimum atomic E-state index is -0.503. The summed E-state index contributed by atoms with van der Waals surface area (Å²) in [5.41, 5.74) is 9.72. The Kier molecular flexibility index (Phi) is 4.24. The molecule has 0 aliphatic carbocycles. The first kappa shape index (κ1) is 15.4. The molecular weight excluding hydrogens is 288 g/mol. The second-order valence-electron chi connectivity index (χ2n) is 5.74. The van der Waals surface area contributed by atoms with Gasteiger partial charge < -0.3 is 15.4 Å². The number of anilines is 2. The van der Waals surface area contributed by atoms with Crippen molar-refractivity contribution >= 4 is 17.3 Å². The van der Waals surface area contributed by atoms with Crippen molar-refractivity contribution < 1.29 is 9.53 Å². The Morgan fingerprint density at radius 1 is 1.13 bits per heavy atom. The van der Waals surface area contributed by atoms with Gasteiger partial charge in [0, 0.05) is 24.7 Å².